The third-order valence-electron chi connectivity index (χ3n) is 1.65. The molecule has 0 spiro atoms. The molecule has 12 heavy (non-hydrogen) atoms. The van der Waals surface area contributed by atoms with Crippen LogP contribution in [0.4, 0.5) is 4.39 Å². The van der Waals surface area contributed by atoms with Crippen LogP contribution in [-0.2, 0) is 6.42 Å². The van der Waals surface area contributed by atoms with Crippen LogP contribution < -0.4 is 0 Å². The molecule has 0 radical (unpaired) electrons. The predicted octanol–water partition coefficient (Wildman–Crippen LogP) is 2.52. The van der Waals surface area contributed by atoms with Gasteiger partial charge in [-0.2, -0.15) is 4.91 Å². The van der Waals surface area contributed by atoms with E-state index in [2.05, 4.69) is 5.18 Å². The molecule has 0 amide bonds. The lowest BCUT2D eigenvalue weighted by molar-refractivity contribution is 0.605. The van der Waals surface area contributed by atoms with Gasteiger partial charge < -0.3 is 0 Å². The molecule has 1 rings (SSSR count). The summed E-state index contributed by atoms with van der Waals surface area (Å²) in [6.07, 6.45) is 1.20. The normalized spacial score (nSPS) is 9.75. The molecule has 1 aromatic carbocycles. The van der Waals surface area contributed by atoms with Gasteiger partial charge in [0.05, 0.1) is 6.54 Å². The van der Waals surface area contributed by atoms with E-state index in [9.17, 15) is 9.30 Å². The second-order valence-electron chi connectivity index (χ2n) is 2.55. The molecule has 0 bridgehead atoms. The standard InChI is InChI=1S/C9H10FNO/c10-9-6-2-1-4-8(9)5-3-7-11-12/h1-2,4,6H,3,5,7H2. The Bertz CT molecular complexity index is 262. The summed E-state index contributed by atoms with van der Waals surface area (Å²) in [4.78, 5) is 9.74. The summed E-state index contributed by atoms with van der Waals surface area (Å²) in [5.74, 6) is -0.205. The number of nitroso groups, excluding NO2 is 1. The average Bonchev–Trinajstić information content (AvgIpc) is 2.09. The molecule has 0 saturated carbocycles. The van der Waals surface area contributed by atoms with Crippen LogP contribution in [0.3, 0.4) is 0 Å². The van der Waals surface area contributed by atoms with E-state index in [0.717, 1.165) is 0 Å². The summed E-state index contributed by atoms with van der Waals surface area (Å²) in [5, 5.41) is 2.71. The van der Waals surface area contributed by atoms with Gasteiger partial charge in [0.25, 0.3) is 0 Å². The molecule has 1 aromatic rings. The Morgan fingerprint density at radius 2 is 2.08 bits per heavy atom. The van der Waals surface area contributed by atoms with Gasteiger partial charge in [-0.1, -0.05) is 23.4 Å². The monoisotopic (exact) mass is 167 g/mol. The van der Waals surface area contributed by atoms with Crippen molar-refractivity contribution in [1.29, 1.82) is 0 Å². The molecule has 0 aromatic heterocycles. The molecule has 0 N–H and O–H groups in total. The number of rotatable bonds is 4. The van der Waals surface area contributed by atoms with E-state index in [4.69, 9.17) is 0 Å². The molecule has 3 heteroatoms. The second-order valence-corrected chi connectivity index (χ2v) is 2.55. The van der Waals surface area contributed by atoms with E-state index in [1.54, 1.807) is 18.2 Å². The summed E-state index contributed by atoms with van der Waals surface area (Å²) in [6, 6.07) is 6.58. The number of hydrogen-bond acceptors (Lipinski definition) is 2. The smallest absolute Gasteiger partial charge is 0.126 e. The Morgan fingerprint density at radius 3 is 2.75 bits per heavy atom. The lowest BCUT2D eigenvalue weighted by Crippen LogP contribution is -1.91. The minimum atomic E-state index is -0.205. The highest BCUT2D eigenvalue weighted by Crippen LogP contribution is 2.08. The first-order valence-electron chi connectivity index (χ1n) is 3.87. The van der Waals surface area contributed by atoms with Gasteiger partial charge in [-0.3, -0.25) is 0 Å². The van der Waals surface area contributed by atoms with Gasteiger partial charge >= 0.3 is 0 Å². The summed E-state index contributed by atoms with van der Waals surface area (Å²) < 4.78 is 12.9. The first-order valence-corrected chi connectivity index (χ1v) is 3.87. The molecule has 0 saturated heterocycles. The van der Waals surface area contributed by atoms with E-state index in [1.165, 1.54) is 6.07 Å². The zero-order valence-corrected chi connectivity index (χ0v) is 6.66. The quantitative estimate of drug-likeness (QED) is 0.500. The highest BCUT2D eigenvalue weighted by atomic mass is 19.1. The molecule has 0 aliphatic carbocycles. The first kappa shape index (κ1) is 8.84. The fraction of sp³-hybridized carbons (Fsp3) is 0.333. The van der Waals surface area contributed by atoms with Gasteiger partial charge in [0, 0.05) is 0 Å². The predicted molar refractivity (Wildman–Crippen MR) is 45.4 cm³/mol. The topological polar surface area (TPSA) is 29.4 Å². The van der Waals surface area contributed by atoms with Crippen molar-refractivity contribution in [3.8, 4) is 0 Å². The van der Waals surface area contributed by atoms with Crippen molar-refractivity contribution in [3.63, 3.8) is 0 Å². The third kappa shape index (κ3) is 2.42. The zero-order chi connectivity index (χ0) is 8.81. The fourth-order valence-corrected chi connectivity index (χ4v) is 1.04. The summed E-state index contributed by atoms with van der Waals surface area (Å²) in [7, 11) is 0. The minimum absolute atomic E-state index is 0.205. The van der Waals surface area contributed by atoms with Gasteiger partial charge in [0.15, 0.2) is 0 Å². The van der Waals surface area contributed by atoms with E-state index < -0.39 is 0 Å². The Morgan fingerprint density at radius 1 is 1.33 bits per heavy atom. The van der Waals surface area contributed by atoms with Gasteiger partial charge in [-0.05, 0) is 24.5 Å². The SMILES string of the molecule is O=NCCCc1ccccc1F. The lowest BCUT2D eigenvalue weighted by Gasteiger charge is -1.99. The van der Waals surface area contributed by atoms with Crippen molar-refractivity contribution in [2.24, 2.45) is 5.18 Å². The number of nitrogens with zero attached hydrogens (tertiary/aromatic N) is 1. The molecular formula is C9H10FNO. The fourth-order valence-electron chi connectivity index (χ4n) is 1.04. The van der Waals surface area contributed by atoms with Gasteiger partial charge in [-0.15, -0.1) is 0 Å². The van der Waals surface area contributed by atoms with Crippen molar-refractivity contribution in [3.05, 3.63) is 40.6 Å². The van der Waals surface area contributed by atoms with Crippen LogP contribution in [0.15, 0.2) is 29.4 Å². The molecule has 0 unspecified atom stereocenters. The average molecular weight is 167 g/mol. The van der Waals surface area contributed by atoms with E-state index in [1.807, 2.05) is 0 Å². The van der Waals surface area contributed by atoms with Gasteiger partial charge in [0.2, 0.25) is 0 Å². The van der Waals surface area contributed by atoms with Crippen molar-refractivity contribution < 1.29 is 4.39 Å². The lowest BCUT2D eigenvalue weighted by atomic mass is 10.1. The Hall–Kier alpha value is -1.25. The van der Waals surface area contributed by atoms with Crippen LogP contribution in [0, 0.1) is 10.7 Å². The van der Waals surface area contributed by atoms with Crippen molar-refractivity contribution in [2.75, 3.05) is 6.54 Å². The van der Waals surface area contributed by atoms with E-state index in [-0.39, 0.29) is 12.4 Å². The molecule has 2 nitrogen and oxygen atoms in total. The molecule has 0 fully saturated rings. The van der Waals surface area contributed by atoms with Crippen molar-refractivity contribution in [2.45, 2.75) is 12.8 Å². The van der Waals surface area contributed by atoms with Crippen LogP contribution >= 0.6 is 0 Å². The van der Waals surface area contributed by atoms with Crippen molar-refractivity contribution in [1.82, 2.24) is 0 Å². The second kappa shape index (κ2) is 4.59. The van der Waals surface area contributed by atoms with E-state index in [0.29, 0.717) is 18.4 Å². The Kier molecular flexibility index (Phi) is 3.38. The van der Waals surface area contributed by atoms with Crippen molar-refractivity contribution >= 4 is 0 Å². The molecule has 0 aliphatic heterocycles. The van der Waals surface area contributed by atoms with Crippen LogP contribution in [-0.4, -0.2) is 6.54 Å². The number of aryl methyl sites for hydroxylation is 1. The van der Waals surface area contributed by atoms with Crippen LogP contribution in [0.2, 0.25) is 0 Å². The zero-order valence-electron chi connectivity index (χ0n) is 6.66. The minimum Gasteiger partial charge on any atom is -0.207 e. The van der Waals surface area contributed by atoms with E-state index >= 15 is 0 Å². The molecule has 0 aliphatic rings. The summed E-state index contributed by atoms with van der Waals surface area (Å²) in [5.41, 5.74) is 0.654. The van der Waals surface area contributed by atoms with Gasteiger partial charge in [0.1, 0.15) is 5.82 Å². The Balaban J connectivity index is 2.51. The molecule has 0 atom stereocenters. The molecule has 0 heterocycles. The molecule has 64 valence electrons. The maximum Gasteiger partial charge on any atom is 0.126 e. The molecular weight excluding hydrogens is 157 g/mol. The maximum atomic E-state index is 12.9. The summed E-state index contributed by atoms with van der Waals surface area (Å²) >= 11 is 0. The maximum absolute atomic E-state index is 12.9. The number of hydrogen-bond donors (Lipinski definition) is 0. The van der Waals surface area contributed by atoms with Crippen LogP contribution in [0.1, 0.15) is 12.0 Å². The summed E-state index contributed by atoms with van der Waals surface area (Å²) in [6.45, 7) is 0.258. The van der Waals surface area contributed by atoms with Gasteiger partial charge in [-0.25, -0.2) is 4.39 Å². The van der Waals surface area contributed by atoms with Crippen LogP contribution in [0.5, 0.6) is 0 Å². The number of benzene rings is 1. The first-order chi connectivity index (χ1) is 5.84. The number of halogens is 1. The van der Waals surface area contributed by atoms with Crippen LogP contribution in [0.25, 0.3) is 0 Å². The largest absolute Gasteiger partial charge is 0.207 e. The highest BCUT2D eigenvalue weighted by molar-refractivity contribution is 5.17. The third-order valence-corrected chi connectivity index (χ3v) is 1.65. The Labute approximate surface area is 70.4 Å². The highest BCUT2D eigenvalue weighted by Gasteiger charge is 1.98.